The van der Waals surface area contributed by atoms with Crippen LogP contribution in [0.25, 0.3) is 5.69 Å². The number of nitrogens with zero attached hydrogens (tertiary/aromatic N) is 2. The van der Waals surface area contributed by atoms with Gasteiger partial charge < -0.3 is 19.4 Å². The molecule has 0 aliphatic carbocycles. The first-order chi connectivity index (χ1) is 12.9. The number of methoxy groups -OCH3 is 1. The third kappa shape index (κ3) is 4.46. The van der Waals surface area contributed by atoms with Crippen molar-refractivity contribution in [1.82, 2.24) is 14.8 Å². The summed E-state index contributed by atoms with van der Waals surface area (Å²) in [6.45, 7) is 7.94. The summed E-state index contributed by atoms with van der Waals surface area (Å²) in [6.07, 6.45) is 3.79. The Morgan fingerprint density at radius 3 is 2.56 bits per heavy atom. The van der Waals surface area contributed by atoms with Gasteiger partial charge in [-0.1, -0.05) is 11.6 Å². The number of morpholine rings is 1. The molecule has 7 heteroatoms. The Labute approximate surface area is 165 Å². The molecule has 0 spiro atoms. The van der Waals surface area contributed by atoms with Crippen molar-refractivity contribution >= 4 is 17.5 Å². The number of benzene rings is 1. The molecule has 3 rings (SSSR count). The van der Waals surface area contributed by atoms with Gasteiger partial charge in [0.05, 0.1) is 36.6 Å². The minimum absolute atomic E-state index is 0.165. The van der Waals surface area contributed by atoms with Gasteiger partial charge in [-0.2, -0.15) is 0 Å². The smallest absolute Gasteiger partial charge is 0.255 e. The van der Waals surface area contributed by atoms with Crippen LogP contribution in [0, 0.1) is 0 Å². The number of rotatable bonds is 6. The number of amides is 1. The molecule has 1 aliphatic rings. The van der Waals surface area contributed by atoms with Crippen molar-refractivity contribution in [2.75, 3.05) is 40.0 Å². The summed E-state index contributed by atoms with van der Waals surface area (Å²) in [5.41, 5.74) is 1.03. The van der Waals surface area contributed by atoms with E-state index >= 15 is 0 Å². The molecule has 27 heavy (non-hydrogen) atoms. The van der Waals surface area contributed by atoms with Crippen LogP contribution in [-0.2, 0) is 4.74 Å². The van der Waals surface area contributed by atoms with Crippen LogP contribution in [0.2, 0.25) is 5.02 Å². The number of hydrogen-bond donors (Lipinski definition) is 1. The van der Waals surface area contributed by atoms with Gasteiger partial charge in [-0.3, -0.25) is 9.69 Å². The highest BCUT2D eigenvalue weighted by Crippen LogP contribution is 2.30. The molecular formula is C20H26ClN3O3. The largest absolute Gasteiger partial charge is 0.496 e. The first kappa shape index (κ1) is 19.7. The van der Waals surface area contributed by atoms with Crippen molar-refractivity contribution < 1.29 is 14.3 Å². The quantitative estimate of drug-likeness (QED) is 0.822. The van der Waals surface area contributed by atoms with E-state index in [-0.39, 0.29) is 11.4 Å². The highest BCUT2D eigenvalue weighted by atomic mass is 35.5. The van der Waals surface area contributed by atoms with Crippen molar-refractivity contribution in [3.63, 3.8) is 0 Å². The number of nitrogens with one attached hydrogen (secondary N) is 1. The number of aromatic nitrogens is 1. The summed E-state index contributed by atoms with van der Waals surface area (Å²) >= 11 is 6.43. The van der Waals surface area contributed by atoms with Crippen LogP contribution in [0.15, 0.2) is 36.7 Å². The molecule has 1 aromatic heterocycles. The maximum atomic E-state index is 12.8. The topological polar surface area (TPSA) is 55.7 Å². The zero-order chi connectivity index (χ0) is 19.4. The van der Waals surface area contributed by atoms with E-state index in [2.05, 4.69) is 24.1 Å². The molecule has 2 aromatic rings. The Balaban J connectivity index is 1.75. The molecule has 0 unspecified atom stereocenters. The van der Waals surface area contributed by atoms with E-state index < -0.39 is 0 Å². The normalized spacial score (nSPS) is 15.6. The Kier molecular flexibility index (Phi) is 6.09. The molecule has 6 nitrogen and oxygen atoms in total. The fourth-order valence-corrected chi connectivity index (χ4v) is 3.52. The van der Waals surface area contributed by atoms with Crippen LogP contribution in [0.4, 0.5) is 0 Å². The van der Waals surface area contributed by atoms with Crippen molar-refractivity contribution in [2.24, 2.45) is 0 Å². The molecule has 1 aromatic carbocycles. The van der Waals surface area contributed by atoms with Crippen LogP contribution >= 0.6 is 11.6 Å². The lowest BCUT2D eigenvalue weighted by molar-refractivity contribution is -0.00923. The third-order valence-electron chi connectivity index (χ3n) is 4.94. The second-order valence-electron chi connectivity index (χ2n) is 7.19. The standard InChI is InChI=1S/C20H26ClN3O3/c1-20(2,24-8-10-27-11-9-24)14-22-19(25)15-12-16(21)17(13-18(15)26-3)23-6-4-5-7-23/h4-7,12-13H,8-11,14H2,1-3H3,(H,22,25). The number of hydrogen-bond acceptors (Lipinski definition) is 4. The van der Waals surface area contributed by atoms with Crippen LogP contribution in [0.1, 0.15) is 24.2 Å². The summed E-state index contributed by atoms with van der Waals surface area (Å²) in [5, 5.41) is 3.52. The molecule has 1 N–H and O–H groups in total. The Morgan fingerprint density at radius 2 is 1.93 bits per heavy atom. The summed E-state index contributed by atoms with van der Waals surface area (Å²) in [7, 11) is 1.55. The minimum Gasteiger partial charge on any atom is -0.496 e. The second kappa shape index (κ2) is 8.33. The monoisotopic (exact) mass is 391 g/mol. The zero-order valence-electron chi connectivity index (χ0n) is 16.0. The number of ether oxygens (including phenoxy) is 2. The average Bonchev–Trinajstić information content (AvgIpc) is 3.21. The van der Waals surface area contributed by atoms with Gasteiger partial charge in [-0.25, -0.2) is 0 Å². The highest BCUT2D eigenvalue weighted by molar-refractivity contribution is 6.33. The summed E-state index contributed by atoms with van der Waals surface area (Å²) in [6, 6.07) is 7.27. The van der Waals surface area contributed by atoms with Gasteiger partial charge in [0.25, 0.3) is 5.91 Å². The van der Waals surface area contributed by atoms with Gasteiger partial charge in [-0.15, -0.1) is 0 Å². The van der Waals surface area contributed by atoms with E-state index in [1.807, 2.05) is 29.1 Å². The highest BCUT2D eigenvalue weighted by Gasteiger charge is 2.29. The summed E-state index contributed by atoms with van der Waals surface area (Å²) in [5.74, 6) is 0.291. The summed E-state index contributed by atoms with van der Waals surface area (Å²) < 4.78 is 12.7. The second-order valence-corrected chi connectivity index (χ2v) is 7.60. The lowest BCUT2D eigenvalue weighted by Gasteiger charge is -2.40. The van der Waals surface area contributed by atoms with E-state index in [9.17, 15) is 4.79 Å². The molecule has 2 heterocycles. The fraction of sp³-hybridized carbons (Fsp3) is 0.450. The van der Waals surface area contributed by atoms with E-state index in [1.165, 1.54) is 0 Å². The molecule has 1 aliphatic heterocycles. The molecule has 146 valence electrons. The molecular weight excluding hydrogens is 366 g/mol. The van der Waals surface area contributed by atoms with Gasteiger partial charge in [0.1, 0.15) is 5.75 Å². The van der Waals surface area contributed by atoms with Crippen molar-refractivity contribution in [3.8, 4) is 11.4 Å². The van der Waals surface area contributed by atoms with E-state index in [0.717, 1.165) is 32.0 Å². The van der Waals surface area contributed by atoms with Crippen molar-refractivity contribution in [1.29, 1.82) is 0 Å². The van der Waals surface area contributed by atoms with Crippen LogP contribution in [0.5, 0.6) is 5.75 Å². The Hall–Kier alpha value is -2.02. The molecule has 0 bridgehead atoms. The van der Waals surface area contributed by atoms with E-state index in [0.29, 0.717) is 22.9 Å². The predicted octanol–water partition coefficient (Wildman–Crippen LogP) is 2.98. The SMILES string of the molecule is COc1cc(-n2cccc2)c(Cl)cc1C(=O)NCC(C)(C)N1CCOCC1. The van der Waals surface area contributed by atoms with Gasteiger partial charge in [0.2, 0.25) is 0 Å². The minimum atomic E-state index is -0.200. The maximum Gasteiger partial charge on any atom is 0.255 e. The van der Waals surface area contributed by atoms with Crippen LogP contribution in [0.3, 0.4) is 0 Å². The first-order valence-corrected chi connectivity index (χ1v) is 9.42. The average molecular weight is 392 g/mol. The van der Waals surface area contributed by atoms with Crippen LogP contribution in [-0.4, -0.2) is 60.9 Å². The third-order valence-corrected chi connectivity index (χ3v) is 5.25. The molecule has 1 amide bonds. The number of halogens is 1. The molecule has 1 fully saturated rings. The molecule has 0 atom stereocenters. The van der Waals surface area contributed by atoms with E-state index in [4.69, 9.17) is 21.1 Å². The number of carbonyl (C=O) groups excluding carboxylic acids is 1. The van der Waals surface area contributed by atoms with E-state index in [1.54, 1.807) is 19.2 Å². The van der Waals surface area contributed by atoms with Crippen molar-refractivity contribution in [3.05, 3.63) is 47.2 Å². The lowest BCUT2D eigenvalue weighted by Crippen LogP contribution is -2.55. The molecule has 0 saturated carbocycles. The zero-order valence-corrected chi connectivity index (χ0v) is 16.8. The maximum absolute atomic E-state index is 12.8. The molecule has 0 radical (unpaired) electrons. The predicted molar refractivity (Wildman–Crippen MR) is 106 cm³/mol. The van der Waals surface area contributed by atoms with Gasteiger partial charge in [-0.05, 0) is 32.0 Å². The Bertz CT molecular complexity index is 784. The lowest BCUT2D eigenvalue weighted by atomic mass is 10.0. The first-order valence-electron chi connectivity index (χ1n) is 9.04. The molecule has 1 saturated heterocycles. The van der Waals surface area contributed by atoms with Gasteiger partial charge in [0, 0.05) is 43.6 Å². The Morgan fingerprint density at radius 1 is 1.26 bits per heavy atom. The van der Waals surface area contributed by atoms with Crippen LogP contribution < -0.4 is 10.1 Å². The van der Waals surface area contributed by atoms with Gasteiger partial charge >= 0.3 is 0 Å². The summed E-state index contributed by atoms with van der Waals surface area (Å²) in [4.78, 5) is 15.1. The van der Waals surface area contributed by atoms with Gasteiger partial charge in [0.15, 0.2) is 0 Å². The number of carbonyl (C=O) groups is 1. The van der Waals surface area contributed by atoms with Crippen molar-refractivity contribution in [2.45, 2.75) is 19.4 Å². The fourth-order valence-electron chi connectivity index (χ4n) is 3.25.